The molecule has 2 N–H and O–H groups in total. The van der Waals surface area contributed by atoms with E-state index in [1.165, 1.54) is 12.8 Å². The van der Waals surface area contributed by atoms with Gasteiger partial charge in [-0.05, 0) is 52.1 Å². The zero-order valence-corrected chi connectivity index (χ0v) is 20.2. The molecule has 0 saturated carbocycles. The third kappa shape index (κ3) is 5.49. The Labute approximate surface area is 191 Å². The van der Waals surface area contributed by atoms with Gasteiger partial charge in [0.15, 0.2) is 11.8 Å². The number of rotatable bonds is 6. The maximum absolute atomic E-state index is 5.75. The number of aliphatic imine (C=N–C) groups is 1. The molecule has 4 rings (SSSR count). The first kappa shape index (κ1) is 22.8. The van der Waals surface area contributed by atoms with Crippen molar-refractivity contribution < 1.29 is 4.42 Å². The molecule has 2 aromatic heterocycles. The van der Waals surface area contributed by atoms with Gasteiger partial charge in [-0.25, -0.2) is 14.6 Å². The van der Waals surface area contributed by atoms with E-state index in [9.17, 15) is 0 Å². The molecule has 0 spiro atoms. The summed E-state index contributed by atoms with van der Waals surface area (Å²) in [6.45, 7) is 13.0. The first-order valence-electron chi connectivity index (χ1n) is 12.0. The van der Waals surface area contributed by atoms with Crippen LogP contribution in [0, 0.1) is 19.8 Å². The highest BCUT2D eigenvalue weighted by atomic mass is 16.4. The molecule has 176 valence electrons. The summed E-state index contributed by atoms with van der Waals surface area (Å²) in [5.74, 6) is 5.72. The number of guanidine groups is 1. The maximum Gasteiger partial charge on any atom is 0.208 e. The van der Waals surface area contributed by atoms with Crippen molar-refractivity contribution in [2.75, 3.05) is 26.7 Å². The number of oxazole rings is 1. The molecule has 0 aliphatic carbocycles. The first-order valence-corrected chi connectivity index (χ1v) is 12.0. The summed E-state index contributed by atoms with van der Waals surface area (Å²) in [6.07, 6.45) is 4.35. The van der Waals surface area contributed by atoms with Crippen LogP contribution in [0.15, 0.2) is 9.41 Å². The Bertz CT molecular complexity index is 903. The summed E-state index contributed by atoms with van der Waals surface area (Å²) < 4.78 is 7.81. The number of fused-ring (bicyclic) bond motifs is 1. The van der Waals surface area contributed by atoms with E-state index in [1.54, 1.807) is 0 Å². The van der Waals surface area contributed by atoms with E-state index in [4.69, 9.17) is 4.42 Å². The Morgan fingerprint density at radius 1 is 1.19 bits per heavy atom. The Morgan fingerprint density at radius 2 is 1.97 bits per heavy atom. The summed E-state index contributed by atoms with van der Waals surface area (Å²) in [5.41, 5.74) is 0.997. The van der Waals surface area contributed by atoms with Crippen molar-refractivity contribution in [2.24, 2.45) is 10.9 Å². The van der Waals surface area contributed by atoms with Gasteiger partial charge in [0.25, 0.3) is 0 Å². The molecule has 0 bridgehead atoms. The van der Waals surface area contributed by atoms with Crippen LogP contribution in [0.25, 0.3) is 0 Å². The van der Waals surface area contributed by atoms with Crippen molar-refractivity contribution in [3.8, 4) is 0 Å². The number of nitrogens with zero attached hydrogens (tertiary/aromatic N) is 6. The molecule has 0 amide bonds. The predicted molar refractivity (Wildman–Crippen MR) is 125 cm³/mol. The van der Waals surface area contributed by atoms with E-state index in [-0.39, 0.29) is 0 Å². The van der Waals surface area contributed by atoms with Crippen LogP contribution in [0.5, 0.6) is 0 Å². The van der Waals surface area contributed by atoms with Crippen LogP contribution in [0.3, 0.4) is 0 Å². The number of nitrogens with one attached hydrogen (secondary N) is 2. The summed E-state index contributed by atoms with van der Waals surface area (Å²) in [6, 6.07) is 0.324. The Hall–Kier alpha value is -2.42. The average Bonchev–Trinajstić information content (AvgIpc) is 3.34. The second-order valence-electron chi connectivity index (χ2n) is 9.52. The monoisotopic (exact) mass is 442 g/mol. The lowest BCUT2D eigenvalue weighted by Crippen LogP contribution is -2.48. The summed E-state index contributed by atoms with van der Waals surface area (Å²) >= 11 is 0. The molecule has 0 aromatic carbocycles. The van der Waals surface area contributed by atoms with Gasteiger partial charge in [-0.3, -0.25) is 9.89 Å². The molecule has 2 aliphatic rings. The van der Waals surface area contributed by atoms with Gasteiger partial charge in [-0.15, -0.1) is 0 Å². The van der Waals surface area contributed by atoms with Gasteiger partial charge in [0.2, 0.25) is 5.89 Å². The standard InChI is InChI=1S/C23H38N8O/c1-15(2)22-28-20-7-6-19(13-31(20)29-22)27-23(24-5)25-12-18-8-10-30(11-9-18)14-21-26-16(3)17(4)32-21/h15,18-19H,6-14H2,1-5H3,(H2,24,25,27). The molecule has 2 aliphatic heterocycles. The van der Waals surface area contributed by atoms with Crippen molar-refractivity contribution in [1.29, 1.82) is 0 Å². The SMILES string of the molecule is CN=C(NCC1CCN(Cc2nc(C)c(C)o2)CC1)NC1CCc2nc(C(C)C)nn2C1. The van der Waals surface area contributed by atoms with Gasteiger partial charge in [-0.1, -0.05) is 13.8 Å². The normalized spacial score (nSPS) is 20.6. The molecule has 4 heterocycles. The molecule has 9 heteroatoms. The van der Waals surface area contributed by atoms with Crippen LogP contribution in [0.2, 0.25) is 0 Å². The number of aromatic nitrogens is 4. The number of aryl methyl sites for hydroxylation is 3. The van der Waals surface area contributed by atoms with Gasteiger partial charge in [0.05, 0.1) is 18.8 Å². The average molecular weight is 443 g/mol. The fourth-order valence-electron chi connectivity index (χ4n) is 4.47. The fourth-order valence-corrected chi connectivity index (χ4v) is 4.47. The van der Waals surface area contributed by atoms with Crippen LogP contribution in [0.1, 0.15) is 68.0 Å². The van der Waals surface area contributed by atoms with Crippen molar-refractivity contribution in [3.63, 3.8) is 0 Å². The second kappa shape index (κ2) is 10.0. The topological polar surface area (TPSA) is 96.4 Å². The zero-order valence-electron chi connectivity index (χ0n) is 20.2. The molecule has 1 saturated heterocycles. The van der Waals surface area contributed by atoms with Crippen molar-refractivity contribution in [1.82, 2.24) is 35.3 Å². The highest BCUT2D eigenvalue weighted by molar-refractivity contribution is 5.79. The number of likely N-dealkylation sites (tertiary alicyclic amines) is 1. The zero-order chi connectivity index (χ0) is 22.7. The van der Waals surface area contributed by atoms with Crippen molar-refractivity contribution in [2.45, 2.75) is 78.4 Å². The molecule has 9 nitrogen and oxygen atoms in total. The van der Waals surface area contributed by atoms with E-state index in [1.807, 2.05) is 20.9 Å². The Morgan fingerprint density at radius 3 is 2.62 bits per heavy atom. The highest BCUT2D eigenvalue weighted by Gasteiger charge is 2.24. The lowest BCUT2D eigenvalue weighted by atomic mass is 9.97. The lowest BCUT2D eigenvalue weighted by Gasteiger charge is -2.32. The summed E-state index contributed by atoms with van der Waals surface area (Å²) in [7, 11) is 1.85. The van der Waals surface area contributed by atoms with E-state index < -0.39 is 0 Å². The van der Waals surface area contributed by atoms with E-state index in [0.717, 1.165) is 80.5 Å². The minimum atomic E-state index is 0.324. The molecule has 32 heavy (non-hydrogen) atoms. The van der Waals surface area contributed by atoms with E-state index in [0.29, 0.717) is 17.9 Å². The highest BCUT2D eigenvalue weighted by Crippen LogP contribution is 2.20. The van der Waals surface area contributed by atoms with Crippen LogP contribution in [0.4, 0.5) is 0 Å². The predicted octanol–water partition coefficient (Wildman–Crippen LogP) is 2.40. The van der Waals surface area contributed by atoms with Gasteiger partial charge < -0.3 is 15.1 Å². The quantitative estimate of drug-likeness (QED) is 0.524. The minimum Gasteiger partial charge on any atom is -0.444 e. The molecule has 1 atom stereocenters. The van der Waals surface area contributed by atoms with Crippen molar-refractivity contribution >= 4 is 5.96 Å². The number of hydrogen-bond acceptors (Lipinski definition) is 6. The van der Waals surface area contributed by atoms with Crippen molar-refractivity contribution in [3.05, 3.63) is 29.0 Å². The third-order valence-corrected chi connectivity index (χ3v) is 6.65. The Kier molecular flexibility index (Phi) is 7.13. The molecule has 0 radical (unpaired) electrons. The van der Waals surface area contributed by atoms with E-state index in [2.05, 4.69) is 54.1 Å². The molecular formula is C23H38N8O. The van der Waals surface area contributed by atoms with Gasteiger partial charge in [0, 0.05) is 32.0 Å². The van der Waals surface area contributed by atoms with Crippen LogP contribution < -0.4 is 10.6 Å². The Balaban J connectivity index is 1.20. The number of hydrogen-bond donors (Lipinski definition) is 2. The number of piperidine rings is 1. The van der Waals surface area contributed by atoms with Crippen LogP contribution in [-0.4, -0.2) is 63.3 Å². The molecular weight excluding hydrogens is 404 g/mol. The molecule has 1 unspecified atom stereocenters. The van der Waals surface area contributed by atoms with Gasteiger partial charge in [-0.2, -0.15) is 5.10 Å². The molecule has 2 aromatic rings. The second-order valence-corrected chi connectivity index (χ2v) is 9.52. The third-order valence-electron chi connectivity index (χ3n) is 6.65. The summed E-state index contributed by atoms with van der Waals surface area (Å²) in [5, 5.41) is 11.8. The largest absolute Gasteiger partial charge is 0.444 e. The van der Waals surface area contributed by atoms with Crippen LogP contribution in [-0.2, 0) is 19.5 Å². The maximum atomic E-state index is 5.75. The summed E-state index contributed by atoms with van der Waals surface area (Å²) in [4.78, 5) is 16.1. The smallest absolute Gasteiger partial charge is 0.208 e. The molecule has 1 fully saturated rings. The minimum absolute atomic E-state index is 0.324. The fraction of sp³-hybridized carbons (Fsp3) is 0.739. The lowest BCUT2D eigenvalue weighted by molar-refractivity contribution is 0.164. The van der Waals surface area contributed by atoms with E-state index >= 15 is 0 Å². The van der Waals surface area contributed by atoms with Gasteiger partial charge >= 0.3 is 0 Å². The first-order chi connectivity index (χ1) is 15.4. The van der Waals surface area contributed by atoms with Crippen LogP contribution >= 0.6 is 0 Å². The van der Waals surface area contributed by atoms with Gasteiger partial charge in [0.1, 0.15) is 11.6 Å².